The van der Waals surface area contributed by atoms with Gasteiger partial charge in [0.2, 0.25) is 5.91 Å². The molecule has 2 bridgehead atoms. The Balaban J connectivity index is 2.10. The molecule has 13 heavy (non-hydrogen) atoms. The number of amides is 1. The highest BCUT2D eigenvalue weighted by Crippen LogP contribution is 2.35. The molecule has 0 aromatic rings. The van der Waals surface area contributed by atoms with Gasteiger partial charge < -0.3 is 10.0 Å². The third-order valence-corrected chi connectivity index (χ3v) is 3.30. The lowest BCUT2D eigenvalue weighted by Crippen LogP contribution is -2.47. The van der Waals surface area contributed by atoms with Crippen molar-refractivity contribution in [2.45, 2.75) is 57.2 Å². The predicted octanol–water partition coefficient (Wildman–Crippen LogP) is 0.911. The fourth-order valence-corrected chi connectivity index (χ4v) is 2.74. The van der Waals surface area contributed by atoms with E-state index in [-0.39, 0.29) is 12.0 Å². The van der Waals surface area contributed by atoms with E-state index in [1.54, 1.807) is 0 Å². The van der Waals surface area contributed by atoms with E-state index in [1.807, 2.05) is 11.8 Å². The van der Waals surface area contributed by atoms with Crippen LogP contribution in [0.4, 0.5) is 0 Å². The molecule has 2 aliphatic rings. The van der Waals surface area contributed by atoms with E-state index < -0.39 is 0 Å². The lowest BCUT2D eigenvalue weighted by Gasteiger charge is -2.37. The van der Waals surface area contributed by atoms with Crippen LogP contribution in [0.15, 0.2) is 0 Å². The summed E-state index contributed by atoms with van der Waals surface area (Å²) in [4.78, 5) is 13.6. The first kappa shape index (κ1) is 9.00. The molecule has 0 radical (unpaired) electrons. The average Bonchev–Trinajstić information content (AvgIpc) is 2.37. The molecule has 2 aliphatic heterocycles. The number of aliphatic hydroxyl groups excluding tert-OH is 1. The molecule has 2 unspecified atom stereocenters. The lowest BCUT2D eigenvalue weighted by molar-refractivity contribution is -0.137. The summed E-state index contributed by atoms with van der Waals surface area (Å²) in [6.07, 6.45) is 4.20. The van der Waals surface area contributed by atoms with Crippen LogP contribution in [0.2, 0.25) is 0 Å². The molecule has 0 aromatic heterocycles. The first-order chi connectivity index (χ1) is 6.22. The van der Waals surface area contributed by atoms with Crippen LogP contribution in [0.1, 0.15) is 39.0 Å². The summed E-state index contributed by atoms with van der Waals surface area (Å²) in [6.45, 7) is 1.91. The van der Waals surface area contributed by atoms with Crippen LogP contribution in [-0.4, -0.2) is 34.1 Å². The fraction of sp³-hybridized carbons (Fsp3) is 0.900. The highest BCUT2D eigenvalue weighted by Gasteiger charge is 2.41. The third-order valence-electron chi connectivity index (χ3n) is 3.30. The maximum absolute atomic E-state index is 11.6. The van der Waals surface area contributed by atoms with E-state index in [0.29, 0.717) is 18.5 Å². The maximum Gasteiger partial charge on any atom is 0.222 e. The Kier molecular flexibility index (Phi) is 2.28. The quantitative estimate of drug-likeness (QED) is 0.656. The highest BCUT2D eigenvalue weighted by molar-refractivity contribution is 5.77. The summed E-state index contributed by atoms with van der Waals surface area (Å²) >= 11 is 0. The Bertz CT molecular complexity index is 203. The molecule has 0 aliphatic carbocycles. The van der Waals surface area contributed by atoms with Gasteiger partial charge in [-0.15, -0.1) is 0 Å². The Morgan fingerprint density at radius 2 is 1.92 bits per heavy atom. The fourth-order valence-electron chi connectivity index (χ4n) is 2.74. The second-order valence-electron chi connectivity index (χ2n) is 4.16. The number of carbonyl (C=O) groups excluding carboxylic acids is 1. The van der Waals surface area contributed by atoms with Crippen molar-refractivity contribution >= 4 is 5.91 Å². The minimum absolute atomic E-state index is 0.168. The topological polar surface area (TPSA) is 40.5 Å². The predicted molar refractivity (Wildman–Crippen MR) is 49.2 cm³/mol. The summed E-state index contributed by atoms with van der Waals surface area (Å²) in [5.41, 5.74) is 0. The van der Waals surface area contributed by atoms with Crippen LogP contribution in [0.3, 0.4) is 0 Å². The summed E-state index contributed by atoms with van der Waals surface area (Å²) in [6, 6.07) is 0.669. The SMILES string of the molecule is CCC(=O)N1C2CCC1CC(O)C2. The van der Waals surface area contributed by atoms with Crippen molar-refractivity contribution in [1.82, 2.24) is 4.90 Å². The minimum Gasteiger partial charge on any atom is -0.393 e. The lowest BCUT2D eigenvalue weighted by atomic mass is 9.99. The Hall–Kier alpha value is -0.570. The van der Waals surface area contributed by atoms with Crippen LogP contribution in [0.5, 0.6) is 0 Å². The number of carbonyl (C=O) groups is 1. The first-order valence-corrected chi connectivity index (χ1v) is 5.21. The molecule has 0 spiro atoms. The third kappa shape index (κ3) is 1.46. The first-order valence-electron chi connectivity index (χ1n) is 5.21. The van der Waals surface area contributed by atoms with Crippen molar-refractivity contribution in [3.63, 3.8) is 0 Å². The Morgan fingerprint density at radius 1 is 1.38 bits per heavy atom. The minimum atomic E-state index is -0.168. The Labute approximate surface area is 78.7 Å². The molecule has 2 fully saturated rings. The van der Waals surface area contributed by atoms with Gasteiger partial charge in [-0.05, 0) is 25.7 Å². The van der Waals surface area contributed by atoms with Gasteiger partial charge >= 0.3 is 0 Å². The molecule has 2 heterocycles. The summed E-state index contributed by atoms with van der Waals surface area (Å²) in [7, 11) is 0. The van der Waals surface area contributed by atoms with Crippen molar-refractivity contribution in [1.29, 1.82) is 0 Å². The molecule has 1 amide bonds. The monoisotopic (exact) mass is 183 g/mol. The summed E-state index contributed by atoms with van der Waals surface area (Å²) in [5, 5.41) is 9.52. The van der Waals surface area contributed by atoms with Gasteiger partial charge in [-0.2, -0.15) is 0 Å². The van der Waals surface area contributed by atoms with Crippen LogP contribution < -0.4 is 0 Å². The number of aliphatic hydroxyl groups is 1. The standard InChI is InChI=1S/C10H17NO2/c1-2-10(13)11-7-3-4-8(11)6-9(12)5-7/h7-9,12H,2-6H2,1H3. The molecule has 74 valence electrons. The van der Waals surface area contributed by atoms with Crippen LogP contribution in [0, 0.1) is 0 Å². The molecule has 2 rings (SSSR count). The highest BCUT2D eigenvalue weighted by atomic mass is 16.3. The zero-order valence-electron chi connectivity index (χ0n) is 8.07. The number of piperidine rings is 1. The van der Waals surface area contributed by atoms with Crippen molar-refractivity contribution < 1.29 is 9.90 Å². The summed E-state index contributed by atoms with van der Waals surface area (Å²) < 4.78 is 0. The number of hydrogen-bond donors (Lipinski definition) is 1. The smallest absolute Gasteiger partial charge is 0.222 e. The molecular formula is C10H17NO2. The van der Waals surface area contributed by atoms with Crippen LogP contribution in [0.25, 0.3) is 0 Å². The maximum atomic E-state index is 11.6. The number of hydrogen-bond acceptors (Lipinski definition) is 2. The van der Waals surface area contributed by atoms with Gasteiger partial charge in [0.1, 0.15) is 0 Å². The van der Waals surface area contributed by atoms with Crippen molar-refractivity contribution in [2.24, 2.45) is 0 Å². The molecule has 2 atom stereocenters. The second kappa shape index (κ2) is 3.29. The zero-order chi connectivity index (χ0) is 9.42. The van der Waals surface area contributed by atoms with Crippen molar-refractivity contribution in [3.8, 4) is 0 Å². The normalized spacial score (nSPS) is 38.0. The zero-order valence-corrected chi connectivity index (χ0v) is 8.07. The molecule has 0 saturated carbocycles. The molecule has 3 heteroatoms. The van der Waals surface area contributed by atoms with Crippen LogP contribution >= 0.6 is 0 Å². The van der Waals surface area contributed by atoms with E-state index in [4.69, 9.17) is 0 Å². The number of rotatable bonds is 1. The molecule has 1 N–H and O–H groups in total. The number of fused-ring (bicyclic) bond motifs is 2. The van der Waals surface area contributed by atoms with Gasteiger partial charge in [-0.25, -0.2) is 0 Å². The molecule has 0 aromatic carbocycles. The Morgan fingerprint density at radius 3 is 2.38 bits per heavy atom. The van der Waals surface area contributed by atoms with Gasteiger partial charge in [0.15, 0.2) is 0 Å². The van der Waals surface area contributed by atoms with E-state index in [2.05, 4.69) is 0 Å². The molecule has 2 saturated heterocycles. The van der Waals surface area contributed by atoms with Gasteiger partial charge in [0.05, 0.1) is 6.10 Å². The van der Waals surface area contributed by atoms with Gasteiger partial charge in [-0.3, -0.25) is 4.79 Å². The largest absolute Gasteiger partial charge is 0.393 e. The van der Waals surface area contributed by atoms with Gasteiger partial charge in [0.25, 0.3) is 0 Å². The van der Waals surface area contributed by atoms with Gasteiger partial charge in [-0.1, -0.05) is 6.92 Å². The van der Waals surface area contributed by atoms with Crippen molar-refractivity contribution in [2.75, 3.05) is 0 Å². The van der Waals surface area contributed by atoms with E-state index in [1.165, 1.54) is 0 Å². The van der Waals surface area contributed by atoms with E-state index in [9.17, 15) is 9.90 Å². The van der Waals surface area contributed by atoms with Crippen LogP contribution in [-0.2, 0) is 4.79 Å². The molecule has 3 nitrogen and oxygen atoms in total. The van der Waals surface area contributed by atoms with Crippen molar-refractivity contribution in [3.05, 3.63) is 0 Å². The summed E-state index contributed by atoms with van der Waals surface area (Å²) in [5.74, 6) is 0.263. The number of nitrogens with zero attached hydrogens (tertiary/aromatic N) is 1. The molecular weight excluding hydrogens is 166 g/mol. The second-order valence-corrected chi connectivity index (χ2v) is 4.16. The van der Waals surface area contributed by atoms with Gasteiger partial charge in [0, 0.05) is 18.5 Å². The van der Waals surface area contributed by atoms with E-state index in [0.717, 1.165) is 25.7 Å². The average molecular weight is 183 g/mol. The van der Waals surface area contributed by atoms with E-state index >= 15 is 0 Å².